The molecule has 0 unspecified atom stereocenters. The van der Waals surface area contributed by atoms with E-state index in [1.165, 1.54) is 6.26 Å². The number of nitrogens with zero attached hydrogens (tertiary/aromatic N) is 2. The van der Waals surface area contributed by atoms with Crippen LogP contribution in [0.2, 0.25) is 0 Å². The molecule has 1 aliphatic heterocycles. The van der Waals surface area contributed by atoms with Crippen LogP contribution in [0.3, 0.4) is 0 Å². The van der Waals surface area contributed by atoms with Gasteiger partial charge in [-0.1, -0.05) is 48.5 Å². The third-order valence-corrected chi connectivity index (χ3v) is 6.73. The fraction of sp³-hybridized carbons (Fsp3) is 0.370. The summed E-state index contributed by atoms with van der Waals surface area (Å²) < 4.78 is 10.9. The van der Waals surface area contributed by atoms with Gasteiger partial charge in [-0.2, -0.15) is 0 Å². The van der Waals surface area contributed by atoms with E-state index in [2.05, 4.69) is 15.2 Å². The second-order valence-electron chi connectivity index (χ2n) is 8.72. The van der Waals surface area contributed by atoms with Crippen molar-refractivity contribution in [2.45, 2.75) is 38.1 Å². The lowest BCUT2D eigenvalue weighted by molar-refractivity contribution is -0.124. The summed E-state index contributed by atoms with van der Waals surface area (Å²) in [4.78, 5) is 31.7. The number of oxazole rings is 1. The summed E-state index contributed by atoms with van der Waals surface area (Å²) in [6, 6.07) is 17.8. The number of methoxy groups -OCH3 is 1. The predicted molar refractivity (Wildman–Crippen MR) is 129 cm³/mol. The first kappa shape index (κ1) is 23.7. The van der Waals surface area contributed by atoms with Crippen LogP contribution in [0.25, 0.3) is 0 Å². The average Bonchev–Trinajstić information content (AvgIpc) is 3.34. The Morgan fingerprint density at radius 3 is 2.50 bits per heavy atom. The van der Waals surface area contributed by atoms with Crippen molar-refractivity contribution >= 4 is 11.7 Å². The number of carbonyl (C=O) groups is 2. The van der Waals surface area contributed by atoms with Crippen molar-refractivity contribution in [2.75, 3.05) is 26.7 Å². The van der Waals surface area contributed by atoms with E-state index in [1.54, 1.807) is 14.0 Å². The highest BCUT2D eigenvalue weighted by molar-refractivity contribution is 5.91. The summed E-state index contributed by atoms with van der Waals surface area (Å²) in [5.74, 6) is 1.26. The molecule has 7 heteroatoms. The lowest BCUT2D eigenvalue weighted by Crippen LogP contribution is -2.46. The molecular weight excluding hydrogens is 430 g/mol. The van der Waals surface area contributed by atoms with Gasteiger partial charge < -0.3 is 14.5 Å². The molecule has 0 spiro atoms. The van der Waals surface area contributed by atoms with Crippen LogP contribution in [0.15, 0.2) is 65.3 Å². The quantitative estimate of drug-likeness (QED) is 0.522. The Bertz CT molecular complexity index is 1120. The number of carbonyl (C=O) groups excluding carboxylic acids is 2. The standard InChI is InChI=1S/C27H31N3O4/c1-20(31)27(22-9-4-3-5-10-22)13-16-30(17-14-27)18-25-29-23(19-34-25)26(32)28-15-12-21-8-6-7-11-24(21)33-2/h3-11,19H,12-18H2,1-2H3,(H,28,32). The normalized spacial score (nSPS) is 15.6. The number of benzene rings is 2. The maximum absolute atomic E-state index is 12.6. The summed E-state index contributed by atoms with van der Waals surface area (Å²) in [6.07, 6.45) is 3.57. The van der Waals surface area contributed by atoms with E-state index in [0.717, 1.165) is 42.8 Å². The van der Waals surface area contributed by atoms with Gasteiger partial charge in [0.25, 0.3) is 5.91 Å². The third kappa shape index (κ3) is 5.20. The minimum atomic E-state index is -0.430. The molecule has 1 amide bonds. The smallest absolute Gasteiger partial charge is 0.273 e. The zero-order chi connectivity index (χ0) is 24.0. The summed E-state index contributed by atoms with van der Waals surface area (Å²) in [6.45, 7) is 4.20. The van der Waals surface area contributed by atoms with Gasteiger partial charge >= 0.3 is 0 Å². The van der Waals surface area contributed by atoms with E-state index >= 15 is 0 Å². The van der Waals surface area contributed by atoms with Gasteiger partial charge in [-0.3, -0.25) is 14.5 Å². The molecule has 1 aliphatic rings. The summed E-state index contributed by atoms with van der Waals surface area (Å²) in [7, 11) is 1.64. The summed E-state index contributed by atoms with van der Waals surface area (Å²) >= 11 is 0. The Kier molecular flexibility index (Phi) is 7.43. The molecule has 0 radical (unpaired) electrons. The Morgan fingerprint density at radius 2 is 1.79 bits per heavy atom. The zero-order valence-corrected chi connectivity index (χ0v) is 19.8. The van der Waals surface area contributed by atoms with Gasteiger partial charge in [0.05, 0.1) is 19.1 Å². The highest BCUT2D eigenvalue weighted by atomic mass is 16.5. The second-order valence-corrected chi connectivity index (χ2v) is 8.72. The highest BCUT2D eigenvalue weighted by Crippen LogP contribution is 2.36. The molecule has 1 fully saturated rings. The molecule has 2 aromatic carbocycles. The molecule has 34 heavy (non-hydrogen) atoms. The maximum Gasteiger partial charge on any atom is 0.273 e. The Labute approximate surface area is 200 Å². The number of aromatic nitrogens is 1. The number of nitrogens with one attached hydrogen (secondary N) is 1. The largest absolute Gasteiger partial charge is 0.496 e. The highest BCUT2D eigenvalue weighted by Gasteiger charge is 2.40. The van der Waals surface area contributed by atoms with E-state index in [-0.39, 0.29) is 17.4 Å². The number of hydrogen-bond donors (Lipinski definition) is 1. The van der Waals surface area contributed by atoms with Gasteiger partial charge in [0.1, 0.15) is 17.8 Å². The third-order valence-electron chi connectivity index (χ3n) is 6.73. The van der Waals surface area contributed by atoms with E-state index < -0.39 is 5.41 Å². The first-order chi connectivity index (χ1) is 16.5. The molecule has 0 atom stereocenters. The molecule has 0 saturated carbocycles. The van der Waals surface area contributed by atoms with Crippen molar-refractivity contribution in [1.82, 2.24) is 15.2 Å². The average molecular weight is 462 g/mol. The van der Waals surface area contributed by atoms with Gasteiger partial charge in [0.2, 0.25) is 5.89 Å². The molecule has 3 aromatic rings. The lowest BCUT2D eigenvalue weighted by Gasteiger charge is -2.40. The molecular formula is C27H31N3O4. The number of amides is 1. The van der Waals surface area contributed by atoms with E-state index in [9.17, 15) is 9.59 Å². The molecule has 178 valence electrons. The fourth-order valence-electron chi connectivity index (χ4n) is 4.68. The number of Topliss-reactive ketones (excluding diaryl/α,β-unsaturated/α-hetero) is 1. The van der Waals surface area contributed by atoms with Crippen LogP contribution in [0.4, 0.5) is 0 Å². The van der Waals surface area contributed by atoms with Gasteiger partial charge in [-0.05, 0) is 56.5 Å². The van der Waals surface area contributed by atoms with Gasteiger partial charge in [-0.25, -0.2) is 4.98 Å². The van der Waals surface area contributed by atoms with E-state index in [0.29, 0.717) is 25.4 Å². The Balaban J connectivity index is 1.29. The van der Waals surface area contributed by atoms with E-state index in [1.807, 2.05) is 54.6 Å². The van der Waals surface area contributed by atoms with Gasteiger partial charge in [0, 0.05) is 6.54 Å². The van der Waals surface area contributed by atoms with Crippen molar-refractivity contribution in [3.63, 3.8) is 0 Å². The number of hydrogen-bond acceptors (Lipinski definition) is 6. The van der Waals surface area contributed by atoms with Gasteiger partial charge in [-0.15, -0.1) is 0 Å². The van der Waals surface area contributed by atoms with Crippen molar-refractivity contribution in [1.29, 1.82) is 0 Å². The zero-order valence-electron chi connectivity index (χ0n) is 19.8. The molecule has 1 saturated heterocycles. The number of ether oxygens (including phenoxy) is 1. The predicted octanol–water partition coefficient (Wildman–Crippen LogP) is 3.78. The van der Waals surface area contributed by atoms with Crippen LogP contribution in [0.1, 0.15) is 47.3 Å². The SMILES string of the molecule is COc1ccccc1CCNC(=O)c1coc(CN2CCC(C(C)=O)(c3ccccc3)CC2)n1. The van der Waals surface area contributed by atoms with Crippen molar-refractivity contribution < 1.29 is 18.7 Å². The maximum atomic E-state index is 12.6. The lowest BCUT2D eigenvalue weighted by atomic mass is 9.70. The summed E-state index contributed by atoms with van der Waals surface area (Å²) in [5, 5.41) is 2.89. The van der Waals surface area contributed by atoms with Crippen LogP contribution in [0, 0.1) is 0 Å². The van der Waals surface area contributed by atoms with Crippen molar-refractivity contribution in [3.8, 4) is 5.75 Å². The first-order valence-electron chi connectivity index (χ1n) is 11.7. The van der Waals surface area contributed by atoms with Gasteiger partial charge in [0.15, 0.2) is 5.69 Å². The molecule has 0 aliphatic carbocycles. The minimum Gasteiger partial charge on any atom is -0.496 e. The Morgan fingerprint density at radius 1 is 1.09 bits per heavy atom. The number of ketones is 1. The summed E-state index contributed by atoms with van der Waals surface area (Å²) in [5.41, 5.74) is 1.97. The minimum absolute atomic E-state index is 0.210. The molecule has 4 rings (SSSR count). The van der Waals surface area contributed by atoms with E-state index in [4.69, 9.17) is 9.15 Å². The molecule has 1 aromatic heterocycles. The molecule has 7 nitrogen and oxygen atoms in total. The van der Waals surface area contributed by atoms with Crippen molar-refractivity contribution in [3.05, 3.63) is 83.6 Å². The molecule has 1 N–H and O–H groups in total. The number of rotatable bonds is 9. The van der Waals surface area contributed by atoms with Crippen LogP contribution in [-0.4, -0.2) is 48.3 Å². The topological polar surface area (TPSA) is 84.7 Å². The van der Waals surface area contributed by atoms with Crippen LogP contribution in [-0.2, 0) is 23.2 Å². The van der Waals surface area contributed by atoms with Crippen LogP contribution >= 0.6 is 0 Å². The monoisotopic (exact) mass is 461 g/mol. The van der Waals surface area contributed by atoms with Crippen molar-refractivity contribution in [2.24, 2.45) is 0 Å². The first-order valence-corrected chi connectivity index (χ1v) is 11.7. The Hall–Kier alpha value is -3.45. The second kappa shape index (κ2) is 10.7. The molecule has 2 heterocycles. The fourth-order valence-corrected chi connectivity index (χ4v) is 4.68. The number of likely N-dealkylation sites (tertiary alicyclic amines) is 1. The number of para-hydroxylation sites is 1. The van der Waals surface area contributed by atoms with Crippen LogP contribution in [0.5, 0.6) is 5.75 Å². The number of piperidine rings is 1. The molecule has 0 bridgehead atoms. The van der Waals surface area contributed by atoms with Crippen LogP contribution < -0.4 is 10.1 Å².